The van der Waals surface area contributed by atoms with Gasteiger partial charge in [0.15, 0.2) is 0 Å². The Morgan fingerprint density at radius 2 is 2.35 bits per heavy atom. The highest BCUT2D eigenvalue weighted by atomic mass is 79.9. The van der Waals surface area contributed by atoms with Crippen molar-refractivity contribution in [3.05, 3.63) is 28.2 Å². The minimum absolute atomic E-state index is 0.146. The van der Waals surface area contributed by atoms with E-state index in [-0.39, 0.29) is 18.4 Å². The van der Waals surface area contributed by atoms with Crippen molar-refractivity contribution >= 4 is 27.5 Å². The van der Waals surface area contributed by atoms with Crippen molar-refractivity contribution in [2.24, 2.45) is 5.73 Å². The average Bonchev–Trinajstić information content (AvgIpc) is 2.29. The Labute approximate surface area is 109 Å². The van der Waals surface area contributed by atoms with Crippen molar-refractivity contribution in [2.75, 3.05) is 5.32 Å². The fraction of sp³-hybridized carbons (Fsp3) is 0.333. The number of amides is 1. The molecule has 5 heteroatoms. The Kier molecular flexibility index (Phi) is 5.13. The van der Waals surface area contributed by atoms with E-state index in [0.29, 0.717) is 11.3 Å². The summed E-state index contributed by atoms with van der Waals surface area (Å²) < 4.78 is 0.812. The van der Waals surface area contributed by atoms with E-state index < -0.39 is 0 Å². The van der Waals surface area contributed by atoms with Gasteiger partial charge in [-0.3, -0.25) is 4.79 Å². The quantitative estimate of drug-likeness (QED) is 0.895. The van der Waals surface area contributed by atoms with Crippen LogP contribution in [0.2, 0.25) is 0 Å². The SMILES string of the molecule is CCC(N)CC(=O)Nc1cc(Br)ccc1C#N. The van der Waals surface area contributed by atoms with Crippen molar-refractivity contribution in [1.29, 1.82) is 5.26 Å². The van der Waals surface area contributed by atoms with Crippen LogP contribution in [-0.4, -0.2) is 11.9 Å². The summed E-state index contributed by atoms with van der Waals surface area (Å²) in [5.41, 5.74) is 6.64. The fourth-order valence-corrected chi connectivity index (χ4v) is 1.66. The van der Waals surface area contributed by atoms with Gasteiger partial charge in [0, 0.05) is 16.9 Å². The number of nitrogens with two attached hydrogens (primary N) is 1. The molecule has 4 nitrogen and oxygen atoms in total. The maximum atomic E-state index is 11.6. The molecule has 0 saturated carbocycles. The topological polar surface area (TPSA) is 78.9 Å². The number of hydrogen-bond acceptors (Lipinski definition) is 3. The molecule has 0 saturated heterocycles. The lowest BCUT2D eigenvalue weighted by molar-refractivity contribution is -0.116. The lowest BCUT2D eigenvalue weighted by Crippen LogP contribution is -2.26. The second kappa shape index (κ2) is 6.38. The predicted octanol–water partition coefficient (Wildman–Crippen LogP) is 2.39. The molecule has 1 unspecified atom stereocenters. The van der Waals surface area contributed by atoms with Gasteiger partial charge < -0.3 is 11.1 Å². The highest BCUT2D eigenvalue weighted by Gasteiger charge is 2.10. The third-order valence-electron chi connectivity index (χ3n) is 2.35. The minimum Gasteiger partial charge on any atom is -0.327 e. The van der Waals surface area contributed by atoms with Gasteiger partial charge in [-0.25, -0.2) is 0 Å². The Morgan fingerprint density at radius 3 is 2.94 bits per heavy atom. The summed E-state index contributed by atoms with van der Waals surface area (Å²) >= 11 is 3.29. The van der Waals surface area contributed by atoms with Gasteiger partial charge >= 0.3 is 0 Å². The van der Waals surface area contributed by atoms with Crippen molar-refractivity contribution in [2.45, 2.75) is 25.8 Å². The number of carbonyl (C=O) groups excluding carboxylic acids is 1. The number of hydrogen-bond donors (Lipinski definition) is 2. The molecule has 3 N–H and O–H groups in total. The van der Waals surface area contributed by atoms with Crippen molar-refractivity contribution in [3.8, 4) is 6.07 Å². The summed E-state index contributed by atoms with van der Waals surface area (Å²) in [7, 11) is 0. The third kappa shape index (κ3) is 4.17. The van der Waals surface area contributed by atoms with E-state index in [9.17, 15) is 4.79 Å². The molecular formula is C12H14BrN3O. The van der Waals surface area contributed by atoms with E-state index in [0.717, 1.165) is 10.9 Å². The number of halogens is 1. The van der Waals surface area contributed by atoms with Gasteiger partial charge in [-0.1, -0.05) is 22.9 Å². The zero-order valence-corrected chi connectivity index (χ0v) is 11.1. The highest BCUT2D eigenvalue weighted by Crippen LogP contribution is 2.21. The van der Waals surface area contributed by atoms with Crippen LogP contribution in [0.4, 0.5) is 5.69 Å². The lowest BCUT2D eigenvalue weighted by atomic mass is 10.1. The smallest absolute Gasteiger partial charge is 0.225 e. The van der Waals surface area contributed by atoms with Crippen LogP contribution < -0.4 is 11.1 Å². The molecule has 0 aliphatic carbocycles. The summed E-state index contributed by atoms with van der Waals surface area (Å²) in [6.45, 7) is 1.93. The van der Waals surface area contributed by atoms with Gasteiger partial charge in [0.2, 0.25) is 5.91 Å². The van der Waals surface area contributed by atoms with E-state index in [1.807, 2.05) is 13.0 Å². The highest BCUT2D eigenvalue weighted by molar-refractivity contribution is 9.10. The molecule has 1 atom stereocenters. The molecule has 1 amide bonds. The second-order valence-electron chi connectivity index (χ2n) is 3.72. The van der Waals surface area contributed by atoms with Crippen LogP contribution in [0.3, 0.4) is 0 Å². The Bertz CT molecular complexity index is 454. The maximum absolute atomic E-state index is 11.6. The van der Waals surface area contributed by atoms with Crippen LogP contribution in [0.25, 0.3) is 0 Å². The standard InChI is InChI=1S/C12H14BrN3O/c1-2-10(15)6-12(17)16-11-5-9(13)4-3-8(11)7-14/h3-5,10H,2,6,15H2,1H3,(H,16,17). The molecule has 0 aliphatic heterocycles. The number of nitrogens with zero attached hydrogens (tertiary/aromatic N) is 1. The van der Waals surface area contributed by atoms with Gasteiger partial charge in [0.1, 0.15) is 6.07 Å². The van der Waals surface area contributed by atoms with Crippen LogP contribution in [0.5, 0.6) is 0 Å². The maximum Gasteiger partial charge on any atom is 0.225 e. The molecule has 0 fully saturated rings. The molecular weight excluding hydrogens is 282 g/mol. The molecule has 0 heterocycles. The molecule has 1 aromatic carbocycles. The van der Waals surface area contributed by atoms with Crippen LogP contribution in [0.15, 0.2) is 22.7 Å². The van der Waals surface area contributed by atoms with Gasteiger partial charge in [0.05, 0.1) is 11.3 Å². The molecule has 1 rings (SSSR count). The first-order valence-electron chi connectivity index (χ1n) is 5.32. The summed E-state index contributed by atoms with van der Waals surface area (Å²) in [5.74, 6) is -0.172. The Balaban J connectivity index is 2.77. The van der Waals surface area contributed by atoms with Gasteiger partial charge in [-0.15, -0.1) is 0 Å². The van der Waals surface area contributed by atoms with Crippen LogP contribution in [-0.2, 0) is 4.79 Å². The van der Waals surface area contributed by atoms with E-state index in [1.165, 1.54) is 0 Å². The molecule has 0 radical (unpaired) electrons. The fourth-order valence-electron chi connectivity index (χ4n) is 1.30. The van der Waals surface area contributed by atoms with Crippen LogP contribution in [0.1, 0.15) is 25.3 Å². The Morgan fingerprint density at radius 1 is 1.65 bits per heavy atom. The largest absolute Gasteiger partial charge is 0.327 e. The number of rotatable bonds is 4. The monoisotopic (exact) mass is 295 g/mol. The first-order valence-corrected chi connectivity index (χ1v) is 6.11. The first kappa shape index (κ1) is 13.7. The van der Waals surface area contributed by atoms with E-state index >= 15 is 0 Å². The van der Waals surface area contributed by atoms with Crippen molar-refractivity contribution in [3.63, 3.8) is 0 Å². The number of nitriles is 1. The van der Waals surface area contributed by atoms with E-state index in [1.54, 1.807) is 18.2 Å². The van der Waals surface area contributed by atoms with Gasteiger partial charge in [-0.05, 0) is 24.6 Å². The lowest BCUT2D eigenvalue weighted by Gasteiger charge is -2.10. The molecule has 90 valence electrons. The van der Waals surface area contributed by atoms with E-state index in [4.69, 9.17) is 11.0 Å². The molecule has 0 bridgehead atoms. The van der Waals surface area contributed by atoms with Crippen LogP contribution >= 0.6 is 15.9 Å². The van der Waals surface area contributed by atoms with Gasteiger partial charge in [0.25, 0.3) is 0 Å². The molecule has 0 spiro atoms. The van der Waals surface area contributed by atoms with Crippen LogP contribution in [0, 0.1) is 11.3 Å². The summed E-state index contributed by atoms with van der Waals surface area (Å²) in [5, 5.41) is 11.6. The van der Waals surface area contributed by atoms with Gasteiger partial charge in [-0.2, -0.15) is 5.26 Å². The number of benzene rings is 1. The van der Waals surface area contributed by atoms with Crippen molar-refractivity contribution in [1.82, 2.24) is 0 Å². The normalized spacial score (nSPS) is 11.6. The number of nitrogens with one attached hydrogen (secondary N) is 1. The molecule has 0 aromatic heterocycles. The summed E-state index contributed by atoms with van der Waals surface area (Å²) in [6, 6.07) is 6.99. The zero-order valence-electron chi connectivity index (χ0n) is 9.53. The number of carbonyl (C=O) groups is 1. The Hall–Kier alpha value is -1.38. The van der Waals surface area contributed by atoms with E-state index in [2.05, 4.69) is 21.2 Å². The minimum atomic E-state index is -0.172. The first-order chi connectivity index (χ1) is 8.06. The van der Waals surface area contributed by atoms with Crippen molar-refractivity contribution < 1.29 is 4.79 Å². The average molecular weight is 296 g/mol. The number of anilines is 1. The summed E-state index contributed by atoms with van der Waals surface area (Å²) in [4.78, 5) is 11.6. The third-order valence-corrected chi connectivity index (χ3v) is 2.84. The molecule has 1 aromatic rings. The molecule has 17 heavy (non-hydrogen) atoms. The predicted molar refractivity (Wildman–Crippen MR) is 70.4 cm³/mol. The summed E-state index contributed by atoms with van der Waals surface area (Å²) in [6.07, 6.45) is 1.00. The second-order valence-corrected chi connectivity index (χ2v) is 4.64. The molecule has 0 aliphatic rings. The zero-order chi connectivity index (χ0) is 12.8.